The first-order valence-electron chi connectivity index (χ1n) is 7.91. The number of para-hydroxylation sites is 3. The van der Waals surface area contributed by atoms with Gasteiger partial charge < -0.3 is 19.6 Å². The van der Waals surface area contributed by atoms with E-state index in [9.17, 15) is 9.90 Å². The van der Waals surface area contributed by atoms with Crippen molar-refractivity contribution in [1.29, 1.82) is 0 Å². The molecule has 0 spiro atoms. The maximum Gasteiger partial charge on any atom is 0.291 e. The van der Waals surface area contributed by atoms with Gasteiger partial charge >= 0.3 is 0 Å². The molecule has 1 heterocycles. The lowest BCUT2D eigenvalue weighted by Gasteiger charge is -2.10. The SMILES string of the molecule is Cc1cccc(C)c1OCc1ccc(C(=O)Nc2ccccc2O)o1. The Kier molecular flexibility index (Phi) is 4.75. The Hall–Kier alpha value is -3.21. The zero-order valence-corrected chi connectivity index (χ0v) is 14.1. The molecular formula is C20H19NO4. The quantitative estimate of drug-likeness (QED) is 0.676. The van der Waals surface area contributed by atoms with Gasteiger partial charge in [0.05, 0.1) is 5.69 Å². The minimum absolute atomic E-state index is 0.000918. The van der Waals surface area contributed by atoms with Crippen LogP contribution in [0.4, 0.5) is 5.69 Å². The van der Waals surface area contributed by atoms with Crippen LogP contribution in [-0.2, 0) is 6.61 Å². The largest absolute Gasteiger partial charge is 0.506 e. The smallest absolute Gasteiger partial charge is 0.291 e. The minimum Gasteiger partial charge on any atom is -0.506 e. The second kappa shape index (κ2) is 7.13. The van der Waals surface area contributed by atoms with Gasteiger partial charge in [-0.1, -0.05) is 30.3 Å². The number of carbonyl (C=O) groups is 1. The fourth-order valence-electron chi connectivity index (χ4n) is 2.51. The first kappa shape index (κ1) is 16.6. The molecule has 1 amide bonds. The monoisotopic (exact) mass is 337 g/mol. The zero-order chi connectivity index (χ0) is 17.8. The Morgan fingerprint density at radius 3 is 2.48 bits per heavy atom. The highest BCUT2D eigenvalue weighted by Gasteiger charge is 2.14. The maximum absolute atomic E-state index is 12.2. The van der Waals surface area contributed by atoms with Crippen molar-refractivity contribution in [3.8, 4) is 11.5 Å². The topological polar surface area (TPSA) is 71.7 Å². The van der Waals surface area contributed by atoms with Gasteiger partial charge in [0.1, 0.15) is 23.9 Å². The fraction of sp³-hybridized carbons (Fsp3) is 0.150. The van der Waals surface area contributed by atoms with Crippen LogP contribution in [0.25, 0.3) is 0 Å². The number of aromatic hydroxyl groups is 1. The lowest BCUT2D eigenvalue weighted by molar-refractivity contribution is 0.0992. The van der Waals surface area contributed by atoms with Crippen LogP contribution < -0.4 is 10.1 Å². The molecule has 25 heavy (non-hydrogen) atoms. The molecule has 5 heteroatoms. The van der Waals surface area contributed by atoms with Crippen LogP contribution in [0.2, 0.25) is 0 Å². The summed E-state index contributed by atoms with van der Waals surface area (Å²) in [4.78, 5) is 12.2. The van der Waals surface area contributed by atoms with Gasteiger partial charge in [-0.15, -0.1) is 0 Å². The molecule has 0 saturated heterocycles. The first-order chi connectivity index (χ1) is 12.0. The average Bonchev–Trinajstić information content (AvgIpc) is 3.05. The Morgan fingerprint density at radius 1 is 1.04 bits per heavy atom. The van der Waals surface area contributed by atoms with E-state index >= 15 is 0 Å². The summed E-state index contributed by atoms with van der Waals surface area (Å²) in [5, 5.41) is 12.3. The number of hydrogen-bond donors (Lipinski definition) is 2. The molecule has 0 radical (unpaired) electrons. The van der Waals surface area contributed by atoms with Crippen molar-refractivity contribution in [1.82, 2.24) is 0 Å². The molecule has 0 aliphatic heterocycles. The van der Waals surface area contributed by atoms with Gasteiger partial charge in [-0.3, -0.25) is 4.79 Å². The van der Waals surface area contributed by atoms with E-state index in [1.165, 1.54) is 6.07 Å². The Balaban J connectivity index is 1.66. The molecule has 1 aromatic heterocycles. The van der Waals surface area contributed by atoms with Crippen molar-refractivity contribution in [2.75, 3.05) is 5.32 Å². The standard InChI is InChI=1S/C20H19NO4/c1-13-6-5-7-14(2)19(13)24-12-15-10-11-18(25-15)20(23)21-16-8-3-4-9-17(16)22/h3-11,22H,12H2,1-2H3,(H,21,23). The molecule has 3 aromatic rings. The molecule has 0 saturated carbocycles. The van der Waals surface area contributed by atoms with E-state index in [1.54, 1.807) is 30.3 Å². The predicted octanol–water partition coefficient (Wildman–Crippen LogP) is 4.43. The number of aryl methyl sites for hydroxylation is 2. The number of benzene rings is 2. The summed E-state index contributed by atoms with van der Waals surface area (Å²) in [5.41, 5.74) is 2.42. The Morgan fingerprint density at radius 2 is 1.76 bits per heavy atom. The number of phenols is 1. The number of ether oxygens (including phenoxy) is 1. The van der Waals surface area contributed by atoms with Crippen LogP contribution in [0, 0.1) is 13.8 Å². The summed E-state index contributed by atoms with van der Waals surface area (Å²) in [7, 11) is 0. The number of amides is 1. The molecule has 0 fully saturated rings. The van der Waals surface area contributed by atoms with Gasteiger partial charge in [0.15, 0.2) is 5.76 Å². The molecule has 3 rings (SSSR count). The van der Waals surface area contributed by atoms with E-state index in [1.807, 2.05) is 32.0 Å². The van der Waals surface area contributed by atoms with Crippen LogP contribution in [0.1, 0.15) is 27.4 Å². The summed E-state index contributed by atoms with van der Waals surface area (Å²) in [6.45, 7) is 4.20. The molecule has 0 bridgehead atoms. The minimum atomic E-state index is -0.431. The van der Waals surface area contributed by atoms with Crippen molar-refractivity contribution in [2.45, 2.75) is 20.5 Å². The average molecular weight is 337 g/mol. The first-order valence-corrected chi connectivity index (χ1v) is 7.91. The lowest BCUT2D eigenvalue weighted by Crippen LogP contribution is -2.10. The highest BCUT2D eigenvalue weighted by molar-refractivity contribution is 6.03. The number of nitrogens with one attached hydrogen (secondary N) is 1. The zero-order valence-electron chi connectivity index (χ0n) is 14.1. The summed E-state index contributed by atoms with van der Waals surface area (Å²) in [6.07, 6.45) is 0. The van der Waals surface area contributed by atoms with E-state index < -0.39 is 5.91 Å². The molecule has 0 atom stereocenters. The number of anilines is 1. The number of rotatable bonds is 5. The lowest BCUT2D eigenvalue weighted by atomic mass is 10.1. The molecule has 5 nitrogen and oxygen atoms in total. The predicted molar refractivity (Wildman–Crippen MR) is 95.0 cm³/mol. The van der Waals surface area contributed by atoms with Crippen LogP contribution in [0.15, 0.2) is 59.0 Å². The number of hydrogen-bond acceptors (Lipinski definition) is 4. The molecular weight excluding hydrogens is 318 g/mol. The second-order valence-electron chi connectivity index (χ2n) is 5.75. The van der Waals surface area contributed by atoms with Crippen LogP contribution >= 0.6 is 0 Å². The highest BCUT2D eigenvalue weighted by atomic mass is 16.5. The van der Waals surface area contributed by atoms with Crippen LogP contribution in [-0.4, -0.2) is 11.0 Å². The van der Waals surface area contributed by atoms with Crippen LogP contribution in [0.3, 0.4) is 0 Å². The summed E-state index contributed by atoms with van der Waals surface area (Å²) in [6, 6.07) is 15.7. The Bertz CT molecular complexity index is 878. The third-order valence-corrected chi connectivity index (χ3v) is 3.81. The summed E-state index contributed by atoms with van der Waals surface area (Å²) >= 11 is 0. The molecule has 2 N–H and O–H groups in total. The van der Waals surface area contributed by atoms with E-state index in [4.69, 9.17) is 9.15 Å². The Labute approximate surface area is 145 Å². The summed E-state index contributed by atoms with van der Waals surface area (Å²) in [5.74, 6) is 1.09. The van der Waals surface area contributed by atoms with Gasteiger partial charge in [0.2, 0.25) is 0 Å². The number of furan rings is 1. The molecule has 0 aliphatic carbocycles. The van der Waals surface area contributed by atoms with Gasteiger partial charge in [0.25, 0.3) is 5.91 Å². The third-order valence-electron chi connectivity index (χ3n) is 3.81. The van der Waals surface area contributed by atoms with E-state index in [2.05, 4.69) is 5.32 Å². The fourth-order valence-corrected chi connectivity index (χ4v) is 2.51. The second-order valence-corrected chi connectivity index (χ2v) is 5.75. The summed E-state index contributed by atoms with van der Waals surface area (Å²) < 4.78 is 11.4. The van der Waals surface area contributed by atoms with E-state index in [0.717, 1.165) is 16.9 Å². The van der Waals surface area contributed by atoms with Crippen molar-refractivity contribution >= 4 is 11.6 Å². The number of carbonyl (C=O) groups excluding carboxylic acids is 1. The number of phenolic OH excluding ortho intramolecular Hbond substituents is 1. The van der Waals surface area contributed by atoms with Gasteiger partial charge in [-0.2, -0.15) is 0 Å². The van der Waals surface area contributed by atoms with Crippen molar-refractivity contribution in [3.05, 3.63) is 77.2 Å². The van der Waals surface area contributed by atoms with E-state index in [0.29, 0.717) is 11.4 Å². The normalized spacial score (nSPS) is 10.5. The highest BCUT2D eigenvalue weighted by Crippen LogP contribution is 2.25. The maximum atomic E-state index is 12.2. The van der Waals surface area contributed by atoms with Crippen molar-refractivity contribution < 1.29 is 19.1 Å². The molecule has 128 valence electrons. The van der Waals surface area contributed by atoms with E-state index in [-0.39, 0.29) is 18.1 Å². The molecule has 0 unspecified atom stereocenters. The van der Waals surface area contributed by atoms with Gasteiger partial charge in [0, 0.05) is 0 Å². The van der Waals surface area contributed by atoms with Crippen LogP contribution in [0.5, 0.6) is 11.5 Å². The van der Waals surface area contributed by atoms with Crippen molar-refractivity contribution in [2.24, 2.45) is 0 Å². The third kappa shape index (κ3) is 3.83. The van der Waals surface area contributed by atoms with Gasteiger partial charge in [-0.05, 0) is 49.2 Å². The molecule has 0 aliphatic rings. The molecule has 2 aromatic carbocycles. The van der Waals surface area contributed by atoms with Gasteiger partial charge in [-0.25, -0.2) is 0 Å². The van der Waals surface area contributed by atoms with Crippen molar-refractivity contribution in [3.63, 3.8) is 0 Å².